The highest BCUT2D eigenvalue weighted by Gasteiger charge is 2.21. The van der Waals surface area contributed by atoms with Gasteiger partial charge < -0.3 is 0 Å². The number of nitrogens with zero attached hydrogens (tertiary/aromatic N) is 3. The maximum atomic E-state index is 12.5. The highest BCUT2D eigenvalue weighted by atomic mass is 35.5. The molecule has 24 heavy (non-hydrogen) atoms. The fourth-order valence-corrected chi connectivity index (χ4v) is 3.36. The fourth-order valence-electron chi connectivity index (χ4n) is 2.35. The Bertz CT molecular complexity index is 883. The van der Waals surface area contributed by atoms with Gasteiger partial charge in [0, 0.05) is 5.38 Å². The zero-order valence-corrected chi connectivity index (χ0v) is 15.2. The molecule has 1 N–H and O–H groups in total. The number of hydrogen-bond donors (Lipinski definition) is 1. The van der Waals surface area contributed by atoms with Crippen molar-refractivity contribution in [2.75, 3.05) is 5.32 Å². The van der Waals surface area contributed by atoms with E-state index in [-0.39, 0.29) is 5.91 Å². The minimum absolute atomic E-state index is 0.290. The molecule has 3 aromatic rings. The molecule has 1 amide bonds. The second-order valence-electron chi connectivity index (χ2n) is 5.64. The number of thiazole rings is 1. The van der Waals surface area contributed by atoms with Gasteiger partial charge in [-0.25, -0.2) is 9.67 Å². The van der Waals surface area contributed by atoms with Crippen LogP contribution in [0.5, 0.6) is 0 Å². The first-order valence-corrected chi connectivity index (χ1v) is 8.71. The summed E-state index contributed by atoms with van der Waals surface area (Å²) in [7, 11) is 0. The Morgan fingerprint density at radius 1 is 1.25 bits per heavy atom. The molecule has 7 heteroatoms. The number of nitrogens with one attached hydrogen (secondary N) is 1. The van der Waals surface area contributed by atoms with Crippen LogP contribution in [-0.4, -0.2) is 20.7 Å². The van der Waals surface area contributed by atoms with Crippen molar-refractivity contribution in [2.45, 2.75) is 27.3 Å². The minimum atomic E-state index is -0.290. The lowest BCUT2D eigenvalue weighted by molar-refractivity contribution is 0.102. The van der Waals surface area contributed by atoms with Crippen LogP contribution in [0, 0.1) is 20.8 Å². The van der Waals surface area contributed by atoms with Crippen molar-refractivity contribution in [3.8, 4) is 0 Å². The van der Waals surface area contributed by atoms with Crippen LogP contribution in [0.1, 0.15) is 32.9 Å². The lowest BCUT2D eigenvalue weighted by atomic mass is 10.1. The summed E-state index contributed by atoms with van der Waals surface area (Å²) in [6.07, 6.45) is 0. The first kappa shape index (κ1) is 16.7. The topological polar surface area (TPSA) is 59.8 Å². The Hall–Kier alpha value is -2.18. The van der Waals surface area contributed by atoms with E-state index in [4.69, 9.17) is 11.6 Å². The first-order chi connectivity index (χ1) is 11.4. The van der Waals surface area contributed by atoms with Crippen LogP contribution in [0.2, 0.25) is 5.15 Å². The van der Waals surface area contributed by atoms with Crippen LogP contribution in [0.3, 0.4) is 0 Å². The molecule has 0 aliphatic rings. The molecule has 0 saturated heterocycles. The molecule has 0 unspecified atom stereocenters. The number of anilines is 1. The second kappa shape index (κ2) is 6.75. The van der Waals surface area contributed by atoms with Gasteiger partial charge in [0.1, 0.15) is 5.15 Å². The molecule has 0 aliphatic heterocycles. The smallest absolute Gasteiger partial charge is 0.262 e. The Morgan fingerprint density at radius 3 is 2.58 bits per heavy atom. The average molecular weight is 361 g/mol. The normalized spacial score (nSPS) is 10.8. The van der Waals surface area contributed by atoms with Crippen LogP contribution in [0.25, 0.3) is 0 Å². The van der Waals surface area contributed by atoms with Crippen LogP contribution in [0.4, 0.5) is 5.13 Å². The maximum Gasteiger partial charge on any atom is 0.262 e. The summed E-state index contributed by atoms with van der Waals surface area (Å²) >= 11 is 7.78. The quantitative estimate of drug-likeness (QED) is 0.757. The molecular formula is C17H17ClN4OS. The highest BCUT2D eigenvalue weighted by Crippen LogP contribution is 2.23. The van der Waals surface area contributed by atoms with Crippen molar-refractivity contribution < 1.29 is 4.79 Å². The SMILES string of the molecule is Cc1ccc(Cn2nc(C)c(C(=O)Nc3nc(C)cs3)c2Cl)cc1. The van der Waals surface area contributed by atoms with E-state index in [1.807, 2.05) is 43.5 Å². The molecule has 1 aromatic carbocycles. The van der Waals surface area contributed by atoms with Crippen molar-refractivity contribution in [2.24, 2.45) is 0 Å². The molecule has 2 heterocycles. The predicted octanol–water partition coefficient (Wildman–Crippen LogP) is 4.22. The van der Waals surface area contributed by atoms with Gasteiger partial charge >= 0.3 is 0 Å². The number of hydrogen-bond acceptors (Lipinski definition) is 4. The standard InChI is InChI=1S/C17H17ClN4OS/c1-10-4-6-13(7-5-10)8-22-15(18)14(12(3)21-22)16(23)20-17-19-11(2)9-24-17/h4-7,9H,8H2,1-3H3,(H,19,20,23). The van der Waals surface area contributed by atoms with Gasteiger partial charge in [0.15, 0.2) is 5.13 Å². The molecule has 2 aromatic heterocycles. The maximum absolute atomic E-state index is 12.5. The van der Waals surface area contributed by atoms with Crippen molar-refractivity contribution in [3.05, 3.63) is 62.9 Å². The number of rotatable bonds is 4. The molecule has 3 rings (SSSR count). The summed E-state index contributed by atoms with van der Waals surface area (Å²) in [5.74, 6) is -0.290. The van der Waals surface area contributed by atoms with E-state index in [0.29, 0.717) is 28.1 Å². The van der Waals surface area contributed by atoms with Crippen LogP contribution in [-0.2, 0) is 6.54 Å². The summed E-state index contributed by atoms with van der Waals surface area (Å²) < 4.78 is 1.64. The largest absolute Gasteiger partial charge is 0.298 e. The molecule has 0 saturated carbocycles. The van der Waals surface area contributed by atoms with Gasteiger partial charge in [-0.2, -0.15) is 5.10 Å². The molecular weight excluding hydrogens is 344 g/mol. The zero-order valence-electron chi connectivity index (χ0n) is 13.6. The summed E-state index contributed by atoms with van der Waals surface area (Å²) in [4.78, 5) is 16.7. The Labute approximate surface area is 149 Å². The third kappa shape index (κ3) is 3.49. The van der Waals surface area contributed by atoms with E-state index >= 15 is 0 Å². The van der Waals surface area contributed by atoms with Crippen molar-refractivity contribution in [1.82, 2.24) is 14.8 Å². The van der Waals surface area contributed by atoms with Gasteiger partial charge in [-0.1, -0.05) is 41.4 Å². The molecule has 0 radical (unpaired) electrons. The van der Waals surface area contributed by atoms with Gasteiger partial charge in [-0.3, -0.25) is 10.1 Å². The number of aryl methyl sites for hydroxylation is 3. The minimum Gasteiger partial charge on any atom is -0.298 e. The lowest BCUT2D eigenvalue weighted by Crippen LogP contribution is -2.13. The van der Waals surface area contributed by atoms with Gasteiger partial charge in [0.25, 0.3) is 5.91 Å². The summed E-state index contributed by atoms with van der Waals surface area (Å²) in [5, 5.41) is 9.95. The molecule has 5 nitrogen and oxygen atoms in total. The second-order valence-corrected chi connectivity index (χ2v) is 6.86. The summed E-state index contributed by atoms with van der Waals surface area (Å²) in [5.41, 5.74) is 4.12. The third-order valence-electron chi connectivity index (χ3n) is 3.58. The van der Waals surface area contributed by atoms with Gasteiger partial charge in [-0.05, 0) is 26.3 Å². The van der Waals surface area contributed by atoms with Crippen LogP contribution in [0.15, 0.2) is 29.6 Å². The van der Waals surface area contributed by atoms with E-state index < -0.39 is 0 Å². The summed E-state index contributed by atoms with van der Waals surface area (Å²) in [6, 6.07) is 8.14. The highest BCUT2D eigenvalue weighted by molar-refractivity contribution is 7.13. The van der Waals surface area contributed by atoms with E-state index in [9.17, 15) is 4.79 Å². The monoisotopic (exact) mass is 360 g/mol. The number of amides is 1. The molecule has 0 fully saturated rings. The molecule has 124 valence electrons. The molecule has 0 spiro atoms. The zero-order chi connectivity index (χ0) is 17.3. The Balaban J connectivity index is 1.83. The van der Waals surface area contributed by atoms with E-state index in [2.05, 4.69) is 15.4 Å². The number of carbonyl (C=O) groups excluding carboxylic acids is 1. The van der Waals surface area contributed by atoms with Gasteiger partial charge in [-0.15, -0.1) is 11.3 Å². The van der Waals surface area contributed by atoms with Crippen molar-refractivity contribution >= 4 is 34.0 Å². The number of carbonyl (C=O) groups is 1. The van der Waals surface area contributed by atoms with E-state index in [1.54, 1.807) is 11.6 Å². The number of halogens is 1. The Morgan fingerprint density at radius 2 is 1.96 bits per heavy atom. The van der Waals surface area contributed by atoms with E-state index in [0.717, 1.165) is 11.3 Å². The van der Waals surface area contributed by atoms with Crippen LogP contribution < -0.4 is 5.32 Å². The average Bonchev–Trinajstić information content (AvgIpc) is 3.05. The van der Waals surface area contributed by atoms with E-state index in [1.165, 1.54) is 16.9 Å². The van der Waals surface area contributed by atoms with Crippen molar-refractivity contribution in [3.63, 3.8) is 0 Å². The summed E-state index contributed by atoms with van der Waals surface area (Å²) in [6.45, 7) is 6.21. The predicted molar refractivity (Wildman–Crippen MR) is 97.1 cm³/mol. The van der Waals surface area contributed by atoms with Crippen molar-refractivity contribution in [1.29, 1.82) is 0 Å². The number of benzene rings is 1. The van der Waals surface area contributed by atoms with Crippen LogP contribution >= 0.6 is 22.9 Å². The first-order valence-electron chi connectivity index (χ1n) is 7.46. The number of aromatic nitrogens is 3. The molecule has 0 bridgehead atoms. The third-order valence-corrected chi connectivity index (χ3v) is 4.84. The lowest BCUT2D eigenvalue weighted by Gasteiger charge is -2.05. The van der Waals surface area contributed by atoms with Gasteiger partial charge in [0.05, 0.1) is 23.5 Å². The van der Waals surface area contributed by atoms with Gasteiger partial charge in [0.2, 0.25) is 0 Å². The molecule has 0 atom stereocenters. The fraction of sp³-hybridized carbons (Fsp3) is 0.235. The molecule has 0 aliphatic carbocycles. The Kier molecular flexibility index (Phi) is 4.69.